The number of nitrogens with one attached hydrogen (secondary N) is 2. The number of hydrogen-bond acceptors (Lipinski definition) is 6. The number of hydrogen-bond donors (Lipinski definition) is 2. The molecule has 0 atom stereocenters. The van der Waals surface area contributed by atoms with Crippen molar-refractivity contribution in [2.24, 2.45) is 0 Å². The van der Waals surface area contributed by atoms with Crippen LogP contribution >= 0.6 is 0 Å². The average molecular weight is 465 g/mol. The molecule has 0 unspecified atom stereocenters. The number of carbonyl (C=O) groups is 2. The van der Waals surface area contributed by atoms with Crippen LogP contribution in [0.25, 0.3) is 10.9 Å². The molecular weight excluding hydrogens is 436 g/mol. The van der Waals surface area contributed by atoms with Crippen molar-refractivity contribution in [3.8, 4) is 11.5 Å². The average Bonchev–Trinajstić information content (AvgIpc) is 3.32. The minimum absolute atomic E-state index is 0.0215. The van der Waals surface area contributed by atoms with Gasteiger partial charge in [0, 0.05) is 38.0 Å². The number of pyridine rings is 2. The highest BCUT2D eigenvalue weighted by atomic mass is 16.7. The van der Waals surface area contributed by atoms with E-state index in [1.165, 1.54) is 0 Å². The molecule has 0 saturated heterocycles. The summed E-state index contributed by atoms with van der Waals surface area (Å²) < 4.78 is 12.7. The van der Waals surface area contributed by atoms with Gasteiger partial charge in [0.05, 0.1) is 23.1 Å². The minimum atomic E-state index is -0.403. The Hall–Kier alpha value is -3.88. The first-order valence-electron chi connectivity index (χ1n) is 11.5. The number of fused-ring (bicyclic) bond motifs is 2. The highest BCUT2D eigenvalue weighted by Gasteiger charge is 2.20. The number of unbranched alkanes of at least 4 members (excludes halogenated alkanes) is 2. The van der Waals surface area contributed by atoms with Crippen LogP contribution in [0.4, 0.5) is 0 Å². The molecule has 0 spiro atoms. The summed E-state index contributed by atoms with van der Waals surface area (Å²) in [4.78, 5) is 41.8. The molecule has 9 nitrogen and oxygen atoms in total. The highest BCUT2D eigenvalue weighted by Crippen LogP contribution is 2.35. The maximum absolute atomic E-state index is 13.0. The largest absolute Gasteiger partial charge is 0.454 e. The second-order valence-electron chi connectivity index (χ2n) is 8.04. The molecule has 1 aliphatic rings. The van der Waals surface area contributed by atoms with Crippen LogP contribution in [0.15, 0.2) is 47.5 Å². The molecule has 1 aromatic carbocycles. The molecule has 0 bridgehead atoms. The van der Waals surface area contributed by atoms with Gasteiger partial charge in [0.2, 0.25) is 18.1 Å². The van der Waals surface area contributed by atoms with Gasteiger partial charge < -0.3 is 24.7 Å². The second-order valence-corrected chi connectivity index (χ2v) is 8.04. The Balaban J connectivity index is 1.26. The third-order valence-electron chi connectivity index (χ3n) is 5.72. The van der Waals surface area contributed by atoms with Crippen molar-refractivity contribution in [3.63, 3.8) is 0 Å². The van der Waals surface area contributed by atoms with E-state index in [-0.39, 0.29) is 23.7 Å². The number of carbonyl (C=O) groups excluding carboxylic acids is 2. The van der Waals surface area contributed by atoms with Crippen molar-refractivity contribution in [1.29, 1.82) is 0 Å². The number of aryl methyl sites for hydroxylation is 1. The third-order valence-corrected chi connectivity index (χ3v) is 5.72. The summed E-state index contributed by atoms with van der Waals surface area (Å²) in [5.74, 6) is 0.678. The van der Waals surface area contributed by atoms with Crippen molar-refractivity contribution in [1.82, 2.24) is 20.2 Å². The van der Waals surface area contributed by atoms with Crippen molar-refractivity contribution in [3.05, 3.63) is 64.2 Å². The summed E-state index contributed by atoms with van der Waals surface area (Å²) in [5, 5.41) is 6.10. The van der Waals surface area contributed by atoms with Crippen LogP contribution in [0.2, 0.25) is 0 Å². The van der Waals surface area contributed by atoms with Gasteiger partial charge in [-0.3, -0.25) is 19.4 Å². The van der Waals surface area contributed by atoms with Gasteiger partial charge in [0.15, 0.2) is 11.5 Å². The number of aromatic nitrogens is 2. The van der Waals surface area contributed by atoms with Crippen LogP contribution in [0.5, 0.6) is 11.5 Å². The maximum atomic E-state index is 13.0. The number of rotatable bonds is 10. The van der Waals surface area contributed by atoms with E-state index in [1.807, 2.05) is 29.7 Å². The number of benzene rings is 1. The van der Waals surface area contributed by atoms with Gasteiger partial charge in [-0.25, -0.2) is 0 Å². The molecule has 9 heteroatoms. The minimum Gasteiger partial charge on any atom is -0.454 e. The predicted molar refractivity (Wildman–Crippen MR) is 127 cm³/mol. The summed E-state index contributed by atoms with van der Waals surface area (Å²) in [5.41, 5.74) is 1.29. The highest BCUT2D eigenvalue weighted by molar-refractivity contribution is 5.97. The lowest BCUT2D eigenvalue weighted by atomic mass is 10.1. The fourth-order valence-electron chi connectivity index (χ4n) is 3.87. The molecule has 3 heterocycles. The predicted octanol–water partition coefficient (Wildman–Crippen LogP) is 2.75. The van der Waals surface area contributed by atoms with Crippen molar-refractivity contribution < 1.29 is 19.1 Å². The van der Waals surface area contributed by atoms with Gasteiger partial charge >= 0.3 is 0 Å². The molecule has 0 saturated carbocycles. The summed E-state index contributed by atoms with van der Waals surface area (Å²) >= 11 is 0. The van der Waals surface area contributed by atoms with Gasteiger partial charge in [-0.2, -0.15) is 0 Å². The fraction of sp³-hybridized carbons (Fsp3) is 0.360. The molecule has 34 heavy (non-hydrogen) atoms. The molecule has 0 radical (unpaired) electrons. The SMILES string of the molecule is CCn1cc(C(=O)NCCCCCC(=O)NCc2ccccn2)c(=O)c2cc3c(cc21)OCO3. The zero-order valence-electron chi connectivity index (χ0n) is 19.1. The number of ether oxygens (including phenoxy) is 2. The number of nitrogens with zero attached hydrogens (tertiary/aromatic N) is 2. The Bertz CT molecular complexity index is 1240. The molecule has 2 N–H and O–H groups in total. The van der Waals surface area contributed by atoms with Gasteiger partial charge in [-0.1, -0.05) is 12.5 Å². The molecule has 3 aromatic rings. The Kier molecular flexibility index (Phi) is 7.41. The molecule has 4 rings (SSSR count). The van der Waals surface area contributed by atoms with E-state index in [4.69, 9.17) is 9.47 Å². The zero-order valence-corrected chi connectivity index (χ0v) is 19.1. The van der Waals surface area contributed by atoms with Crippen molar-refractivity contribution in [2.75, 3.05) is 13.3 Å². The molecule has 178 valence electrons. The quantitative estimate of drug-likeness (QED) is 0.446. The van der Waals surface area contributed by atoms with Crippen molar-refractivity contribution >= 4 is 22.7 Å². The first-order chi connectivity index (χ1) is 16.6. The van der Waals surface area contributed by atoms with Crippen LogP contribution in [0.3, 0.4) is 0 Å². The van der Waals surface area contributed by atoms with Gasteiger partial charge in [0.25, 0.3) is 5.91 Å². The molecule has 2 amide bonds. The van der Waals surface area contributed by atoms with Crippen molar-refractivity contribution in [2.45, 2.75) is 45.7 Å². The van der Waals surface area contributed by atoms with E-state index in [9.17, 15) is 14.4 Å². The van der Waals surface area contributed by atoms with Crippen LogP contribution in [0.1, 0.15) is 48.7 Å². The monoisotopic (exact) mass is 464 g/mol. The van der Waals surface area contributed by atoms with Crippen LogP contribution in [-0.4, -0.2) is 34.7 Å². The summed E-state index contributed by atoms with van der Waals surface area (Å²) in [6.45, 7) is 3.50. The Labute approximate surface area is 197 Å². The summed E-state index contributed by atoms with van der Waals surface area (Å²) in [7, 11) is 0. The smallest absolute Gasteiger partial charge is 0.256 e. The Morgan fingerprint density at radius 3 is 2.68 bits per heavy atom. The third kappa shape index (κ3) is 5.36. The second kappa shape index (κ2) is 10.8. The van der Waals surface area contributed by atoms with E-state index in [2.05, 4.69) is 15.6 Å². The lowest BCUT2D eigenvalue weighted by Gasteiger charge is -2.12. The molecule has 0 fully saturated rings. The van der Waals surface area contributed by atoms with E-state index in [0.29, 0.717) is 54.9 Å². The van der Waals surface area contributed by atoms with E-state index >= 15 is 0 Å². The van der Waals surface area contributed by atoms with E-state index < -0.39 is 5.91 Å². The Morgan fingerprint density at radius 2 is 1.91 bits per heavy atom. The standard InChI is InChI=1S/C25H28N4O5/c1-2-29-15-19(24(31)18-12-21-22(13-20(18)29)34-16-33-21)25(32)27-11-6-3-4-9-23(30)28-14-17-8-5-7-10-26-17/h5,7-8,10,12-13,15H,2-4,6,9,11,14,16H2,1H3,(H,27,32)(H,28,30). The van der Waals surface area contributed by atoms with E-state index in [0.717, 1.165) is 18.5 Å². The number of amides is 2. The molecule has 2 aromatic heterocycles. The van der Waals surface area contributed by atoms with Crippen LogP contribution in [-0.2, 0) is 17.9 Å². The molecule has 1 aliphatic heterocycles. The fourth-order valence-corrected chi connectivity index (χ4v) is 3.87. The maximum Gasteiger partial charge on any atom is 0.256 e. The van der Waals surface area contributed by atoms with E-state index in [1.54, 1.807) is 24.5 Å². The summed E-state index contributed by atoms with van der Waals surface area (Å²) in [6, 6.07) is 8.99. The molecular formula is C25H28N4O5. The molecule has 0 aliphatic carbocycles. The lowest BCUT2D eigenvalue weighted by molar-refractivity contribution is -0.121. The van der Waals surface area contributed by atoms with Crippen LogP contribution < -0.4 is 25.5 Å². The normalized spacial score (nSPS) is 12.0. The van der Waals surface area contributed by atoms with Gasteiger partial charge in [0.1, 0.15) is 5.56 Å². The lowest BCUT2D eigenvalue weighted by Crippen LogP contribution is -2.30. The first kappa shape index (κ1) is 23.3. The zero-order chi connectivity index (χ0) is 23.9. The van der Waals surface area contributed by atoms with Gasteiger partial charge in [-0.15, -0.1) is 0 Å². The Morgan fingerprint density at radius 1 is 1.09 bits per heavy atom. The first-order valence-corrected chi connectivity index (χ1v) is 11.5. The van der Waals surface area contributed by atoms with Gasteiger partial charge in [-0.05, 0) is 38.0 Å². The summed E-state index contributed by atoms with van der Waals surface area (Å²) in [6.07, 6.45) is 5.93. The van der Waals surface area contributed by atoms with Crippen LogP contribution in [0, 0.1) is 0 Å². The topological polar surface area (TPSA) is 112 Å².